The lowest BCUT2D eigenvalue weighted by atomic mass is 10.2. The standard InChI is InChI=1S/C11H13N3O2/c1-8(11(15)16-2)14-7-9-3-4-13-10(5-9)6-12/h3-5,8,14H,7H2,1-2H3. The zero-order chi connectivity index (χ0) is 12.0. The van der Waals surface area contributed by atoms with Crippen LogP contribution in [0.4, 0.5) is 0 Å². The summed E-state index contributed by atoms with van der Waals surface area (Å²) in [7, 11) is 1.35. The Morgan fingerprint density at radius 2 is 2.50 bits per heavy atom. The fourth-order valence-electron chi connectivity index (χ4n) is 1.18. The van der Waals surface area contributed by atoms with Crippen molar-refractivity contribution in [2.75, 3.05) is 7.11 Å². The Labute approximate surface area is 94.1 Å². The first-order valence-corrected chi connectivity index (χ1v) is 4.83. The number of ether oxygens (including phenoxy) is 1. The van der Waals surface area contributed by atoms with Gasteiger partial charge in [-0.1, -0.05) is 0 Å². The summed E-state index contributed by atoms with van der Waals surface area (Å²) in [6.45, 7) is 2.21. The molecule has 1 aromatic heterocycles. The number of hydrogen-bond acceptors (Lipinski definition) is 5. The number of nitriles is 1. The minimum absolute atomic E-state index is 0.311. The van der Waals surface area contributed by atoms with Gasteiger partial charge >= 0.3 is 5.97 Å². The van der Waals surface area contributed by atoms with Crippen LogP contribution in [0.3, 0.4) is 0 Å². The van der Waals surface area contributed by atoms with Crippen molar-refractivity contribution >= 4 is 5.97 Å². The molecule has 0 bridgehead atoms. The number of pyridine rings is 1. The Kier molecular flexibility index (Phi) is 4.42. The van der Waals surface area contributed by atoms with Gasteiger partial charge < -0.3 is 10.1 Å². The average molecular weight is 219 g/mol. The number of methoxy groups -OCH3 is 1. The van der Waals surface area contributed by atoms with E-state index in [0.29, 0.717) is 12.2 Å². The van der Waals surface area contributed by atoms with Gasteiger partial charge in [-0.2, -0.15) is 5.26 Å². The molecule has 0 amide bonds. The SMILES string of the molecule is COC(=O)C(C)NCc1ccnc(C#N)c1. The van der Waals surface area contributed by atoms with Gasteiger partial charge in [0, 0.05) is 12.7 Å². The van der Waals surface area contributed by atoms with E-state index < -0.39 is 0 Å². The molecule has 1 N–H and O–H groups in total. The topological polar surface area (TPSA) is 75.0 Å². The zero-order valence-electron chi connectivity index (χ0n) is 9.23. The molecule has 5 nitrogen and oxygen atoms in total. The van der Waals surface area contributed by atoms with Crippen molar-refractivity contribution in [2.24, 2.45) is 0 Å². The van der Waals surface area contributed by atoms with E-state index in [1.165, 1.54) is 7.11 Å². The Hall–Kier alpha value is -1.93. The van der Waals surface area contributed by atoms with Gasteiger partial charge in [0.05, 0.1) is 7.11 Å². The van der Waals surface area contributed by atoms with E-state index >= 15 is 0 Å². The molecule has 1 unspecified atom stereocenters. The highest BCUT2D eigenvalue weighted by atomic mass is 16.5. The summed E-state index contributed by atoms with van der Waals surface area (Å²) in [4.78, 5) is 15.0. The van der Waals surface area contributed by atoms with E-state index in [9.17, 15) is 4.79 Å². The minimum Gasteiger partial charge on any atom is -0.468 e. The van der Waals surface area contributed by atoms with Gasteiger partial charge in [0.1, 0.15) is 17.8 Å². The molecule has 0 aromatic carbocycles. The van der Waals surface area contributed by atoms with Crippen molar-refractivity contribution in [1.82, 2.24) is 10.3 Å². The summed E-state index contributed by atoms with van der Waals surface area (Å²) in [6, 6.07) is 5.05. The van der Waals surface area contributed by atoms with Crippen molar-refractivity contribution in [2.45, 2.75) is 19.5 Å². The average Bonchev–Trinajstić information content (AvgIpc) is 2.35. The highest BCUT2D eigenvalue weighted by molar-refractivity contribution is 5.75. The summed E-state index contributed by atoms with van der Waals surface area (Å²) in [5.74, 6) is -0.311. The van der Waals surface area contributed by atoms with Gasteiger partial charge in [0.15, 0.2) is 0 Å². The first-order chi connectivity index (χ1) is 7.67. The maximum absolute atomic E-state index is 11.1. The number of carbonyl (C=O) groups excluding carboxylic acids is 1. The smallest absolute Gasteiger partial charge is 0.322 e. The van der Waals surface area contributed by atoms with Crippen LogP contribution in [0.1, 0.15) is 18.2 Å². The summed E-state index contributed by atoms with van der Waals surface area (Å²) in [6.07, 6.45) is 1.57. The third kappa shape index (κ3) is 3.33. The normalized spacial score (nSPS) is 11.6. The molecule has 84 valence electrons. The molecule has 1 atom stereocenters. The molecule has 5 heteroatoms. The van der Waals surface area contributed by atoms with Crippen LogP contribution in [-0.2, 0) is 16.1 Å². The van der Waals surface area contributed by atoms with E-state index in [1.54, 1.807) is 25.3 Å². The van der Waals surface area contributed by atoms with Crippen LogP contribution in [0, 0.1) is 11.3 Å². The quantitative estimate of drug-likeness (QED) is 0.751. The zero-order valence-corrected chi connectivity index (χ0v) is 9.23. The van der Waals surface area contributed by atoms with Crippen LogP contribution in [-0.4, -0.2) is 24.1 Å². The van der Waals surface area contributed by atoms with Crippen LogP contribution in [0.5, 0.6) is 0 Å². The molecule has 0 spiro atoms. The maximum Gasteiger partial charge on any atom is 0.322 e. The second-order valence-corrected chi connectivity index (χ2v) is 3.29. The highest BCUT2D eigenvalue weighted by Gasteiger charge is 2.11. The van der Waals surface area contributed by atoms with Crippen molar-refractivity contribution in [3.63, 3.8) is 0 Å². The molecule has 0 aliphatic carbocycles. The predicted molar refractivity (Wildman–Crippen MR) is 57.3 cm³/mol. The Balaban J connectivity index is 2.55. The molecular weight excluding hydrogens is 206 g/mol. The number of hydrogen-bond donors (Lipinski definition) is 1. The summed E-state index contributed by atoms with van der Waals surface area (Å²) >= 11 is 0. The lowest BCUT2D eigenvalue weighted by Gasteiger charge is -2.11. The molecule has 16 heavy (non-hydrogen) atoms. The lowest BCUT2D eigenvalue weighted by Crippen LogP contribution is -2.34. The molecular formula is C11H13N3O2. The summed E-state index contributed by atoms with van der Waals surface area (Å²) in [5, 5.41) is 11.6. The molecule has 0 fully saturated rings. The largest absolute Gasteiger partial charge is 0.468 e. The van der Waals surface area contributed by atoms with E-state index in [2.05, 4.69) is 15.0 Å². The molecule has 0 aliphatic heterocycles. The summed E-state index contributed by atoms with van der Waals surface area (Å²) in [5.41, 5.74) is 1.27. The third-order valence-electron chi connectivity index (χ3n) is 2.11. The van der Waals surface area contributed by atoms with Crippen LogP contribution in [0.25, 0.3) is 0 Å². The second kappa shape index (κ2) is 5.83. The third-order valence-corrected chi connectivity index (χ3v) is 2.11. The van der Waals surface area contributed by atoms with Crippen LogP contribution in [0.2, 0.25) is 0 Å². The van der Waals surface area contributed by atoms with Crippen molar-refractivity contribution < 1.29 is 9.53 Å². The Bertz CT molecular complexity index is 412. The number of aromatic nitrogens is 1. The van der Waals surface area contributed by atoms with Crippen molar-refractivity contribution in [3.8, 4) is 6.07 Å². The Morgan fingerprint density at radius 3 is 3.12 bits per heavy atom. The van der Waals surface area contributed by atoms with Gasteiger partial charge in [0.25, 0.3) is 0 Å². The number of carbonyl (C=O) groups is 1. The van der Waals surface area contributed by atoms with E-state index in [0.717, 1.165) is 5.56 Å². The molecule has 0 saturated carbocycles. The lowest BCUT2D eigenvalue weighted by molar-refractivity contribution is -0.142. The molecule has 0 aliphatic rings. The number of esters is 1. The monoisotopic (exact) mass is 219 g/mol. The van der Waals surface area contributed by atoms with Gasteiger partial charge in [-0.25, -0.2) is 4.98 Å². The second-order valence-electron chi connectivity index (χ2n) is 3.29. The van der Waals surface area contributed by atoms with E-state index in [4.69, 9.17) is 5.26 Å². The van der Waals surface area contributed by atoms with Crippen molar-refractivity contribution in [3.05, 3.63) is 29.6 Å². The van der Waals surface area contributed by atoms with E-state index in [1.807, 2.05) is 6.07 Å². The highest BCUT2D eigenvalue weighted by Crippen LogP contribution is 2.01. The molecule has 0 saturated heterocycles. The predicted octanol–water partition coefficient (Wildman–Crippen LogP) is 0.604. The number of nitrogens with one attached hydrogen (secondary N) is 1. The van der Waals surface area contributed by atoms with Crippen LogP contribution in [0.15, 0.2) is 18.3 Å². The Morgan fingerprint density at radius 1 is 1.75 bits per heavy atom. The summed E-state index contributed by atoms with van der Waals surface area (Å²) < 4.78 is 4.58. The van der Waals surface area contributed by atoms with Crippen LogP contribution >= 0.6 is 0 Å². The van der Waals surface area contributed by atoms with Gasteiger partial charge in [0.2, 0.25) is 0 Å². The fraction of sp³-hybridized carbons (Fsp3) is 0.364. The van der Waals surface area contributed by atoms with Crippen LogP contribution < -0.4 is 5.32 Å². The number of nitrogens with zero attached hydrogens (tertiary/aromatic N) is 2. The first-order valence-electron chi connectivity index (χ1n) is 4.83. The minimum atomic E-state index is -0.372. The first kappa shape index (κ1) is 12.1. The van der Waals surface area contributed by atoms with Gasteiger partial charge in [-0.15, -0.1) is 0 Å². The molecule has 1 rings (SSSR count). The fourth-order valence-corrected chi connectivity index (χ4v) is 1.18. The van der Waals surface area contributed by atoms with Gasteiger partial charge in [-0.05, 0) is 24.6 Å². The van der Waals surface area contributed by atoms with E-state index in [-0.39, 0.29) is 12.0 Å². The molecule has 1 aromatic rings. The molecule has 1 heterocycles. The van der Waals surface area contributed by atoms with Crippen molar-refractivity contribution in [1.29, 1.82) is 5.26 Å². The number of rotatable bonds is 4. The molecule has 0 radical (unpaired) electrons. The maximum atomic E-state index is 11.1. The van der Waals surface area contributed by atoms with Gasteiger partial charge in [-0.3, -0.25) is 4.79 Å².